The Balaban J connectivity index is 2.46. The molecule has 1 radical (unpaired) electrons. The maximum Gasteiger partial charge on any atom is 0.0571 e. The van der Waals surface area contributed by atoms with Gasteiger partial charge in [-0.05, 0) is 24.5 Å². The molecule has 1 N–H and O–H groups in total. The average Bonchev–Trinajstić information content (AvgIpc) is 2.09. The van der Waals surface area contributed by atoms with Crippen LogP contribution in [-0.4, -0.2) is 0 Å². The quantitative estimate of drug-likeness (QED) is 0.606. The fraction of sp³-hybridized carbons (Fsp3) is 0.455. The lowest BCUT2D eigenvalue weighted by Gasteiger charge is -2.02. The zero-order chi connectivity index (χ0) is 8.81. The second-order valence-corrected chi connectivity index (χ2v) is 3.11. The van der Waals surface area contributed by atoms with Crippen molar-refractivity contribution in [2.45, 2.75) is 32.6 Å². The molecule has 1 aromatic rings. The number of unbranched alkanes of at least 4 members (excludes halogenated alkanes) is 2. The van der Waals surface area contributed by atoms with Gasteiger partial charge in [0.15, 0.2) is 0 Å². The summed E-state index contributed by atoms with van der Waals surface area (Å²) in [5.41, 5.74) is 9.48. The summed E-state index contributed by atoms with van der Waals surface area (Å²) in [6.45, 7) is 2.20. The van der Waals surface area contributed by atoms with E-state index in [1.165, 1.54) is 24.8 Å². The number of aryl methyl sites for hydroxylation is 1. The summed E-state index contributed by atoms with van der Waals surface area (Å²) in [4.78, 5) is 0. The molecule has 0 saturated carbocycles. The van der Waals surface area contributed by atoms with Crippen LogP contribution in [0.3, 0.4) is 0 Å². The van der Waals surface area contributed by atoms with Gasteiger partial charge in [0, 0.05) is 0 Å². The number of benzene rings is 1. The molecule has 0 bridgehead atoms. The van der Waals surface area contributed by atoms with Crippen LogP contribution in [0.5, 0.6) is 0 Å². The Morgan fingerprint density at radius 2 is 1.92 bits per heavy atom. The average molecular weight is 162 g/mol. The molecule has 1 aromatic carbocycles. The second-order valence-electron chi connectivity index (χ2n) is 3.11. The molecular formula is C11H16N. The molecule has 12 heavy (non-hydrogen) atoms. The standard InChI is InChI=1S/C11H16N/c1-2-3-4-7-10-8-5-6-9-11(10)12/h5-6,8-9,12H,2-4,7H2,1H3. The normalized spacial score (nSPS) is 10.1. The van der Waals surface area contributed by atoms with Gasteiger partial charge in [-0.2, -0.15) is 0 Å². The van der Waals surface area contributed by atoms with Gasteiger partial charge in [-0.1, -0.05) is 38.0 Å². The van der Waals surface area contributed by atoms with Crippen molar-refractivity contribution in [3.8, 4) is 0 Å². The molecule has 0 heterocycles. The summed E-state index contributed by atoms with van der Waals surface area (Å²) in [6.07, 6.45) is 4.80. The predicted octanol–water partition coefficient (Wildman–Crippen LogP) is 3.33. The lowest BCUT2D eigenvalue weighted by Crippen LogP contribution is -1.86. The molecule has 0 aromatic heterocycles. The third kappa shape index (κ3) is 2.57. The number of hydrogen-bond acceptors (Lipinski definition) is 0. The fourth-order valence-corrected chi connectivity index (χ4v) is 1.30. The molecular weight excluding hydrogens is 146 g/mol. The first-order valence-electron chi connectivity index (χ1n) is 4.64. The minimum atomic E-state index is 0.689. The third-order valence-corrected chi connectivity index (χ3v) is 2.07. The van der Waals surface area contributed by atoms with Gasteiger partial charge in [-0.15, -0.1) is 0 Å². The topological polar surface area (TPSA) is 23.8 Å². The highest BCUT2D eigenvalue weighted by Crippen LogP contribution is 2.15. The highest BCUT2D eigenvalue weighted by Gasteiger charge is 1.96. The van der Waals surface area contributed by atoms with E-state index in [2.05, 4.69) is 13.0 Å². The van der Waals surface area contributed by atoms with Gasteiger partial charge in [0.2, 0.25) is 0 Å². The zero-order valence-electron chi connectivity index (χ0n) is 7.64. The highest BCUT2D eigenvalue weighted by molar-refractivity contribution is 5.42. The molecule has 0 aliphatic carbocycles. The van der Waals surface area contributed by atoms with Gasteiger partial charge >= 0.3 is 0 Å². The van der Waals surface area contributed by atoms with E-state index in [4.69, 9.17) is 5.73 Å². The molecule has 65 valence electrons. The van der Waals surface area contributed by atoms with Crippen LogP contribution in [0, 0.1) is 0 Å². The van der Waals surface area contributed by atoms with E-state index < -0.39 is 0 Å². The monoisotopic (exact) mass is 162 g/mol. The molecule has 0 amide bonds. The Hall–Kier alpha value is -0.980. The molecule has 0 fully saturated rings. The molecule has 0 aliphatic heterocycles. The molecule has 0 spiro atoms. The maximum atomic E-state index is 7.61. The van der Waals surface area contributed by atoms with E-state index in [0.717, 1.165) is 6.42 Å². The highest BCUT2D eigenvalue weighted by atomic mass is 14.6. The summed E-state index contributed by atoms with van der Waals surface area (Å²) in [6, 6.07) is 7.85. The van der Waals surface area contributed by atoms with E-state index in [-0.39, 0.29) is 0 Å². The largest absolute Gasteiger partial charge is 0.301 e. The van der Waals surface area contributed by atoms with Crippen molar-refractivity contribution in [1.82, 2.24) is 5.73 Å². The zero-order valence-corrected chi connectivity index (χ0v) is 7.64. The van der Waals surface area contributed by atoms with Crippen molar-refractivity contribution in [2.75, 3.05) is 0 Å². The van der Waals surface area contributed by atoms with Gasteiger partial charge in [-0.25, -0.2) is 0 Å². The van der Waals surface area contributed by atoms with Crippen molar-refractivity contribution in [2.24, 2.45) is 0 Å². The second kappa shape index (κ2) is 4.81. The van der Waals surface area contributed by atoms with Gasteiger partial charge in [0.25, 0.3) is 0 Å². The molecule has 1 heteroatoms. The molecule has 0 unspecified atom stereocenters. The smallest absolute Gasteiger partial charge is 0.0571 e. The predicted molar refractivity (Wildman–Crippen MR) is 52.4 cm³/mol. The Morgan fingerprint density at radius 3 is 2.58 bits per heavy atom. The summed E-state index contributed by atoms with van der Waals surface area (Å²) in [5.74, 6) is 0. The fourth-order valence-electron chi connectivity index (χ4n) is 1.30. The summed E-state index contributed by atoms with van der Waals surface area (Å²) >= 11 is 0. The van der Waals surface area contributed by atoms with Gasteiger partial charge in [0.05, 0.1) is 5.69 Å². The third-order valence-electron chi connectivity index (χ3n) is 2.07. The van der Waals surface area contributed by atoms with Crippen LogP contribution in [0.4, 0.5) is 5.69 Å². The van der Waals surface area contributed by atoms with E-state index in [0.29, 0.717) is 5.69 Å². The number of nitrogens with one attached hydrogen (secondary N) is 1. The molecule has 0 atom stereocenters. The maximum absolute atomic E-state index is 7.61. The van der Waals surface area contributed by atoms with Crippen molar-refractivity contribution in [3.05, 3.63) is 29.8 Å². The number of rotatable bonds is 4. The van der Waals surface area contributed by atoms with E-state index in [9.17, 15) is 0 Å². The minimum absolute atomic E-state index is 0.689. The van der Waals surface area contributed by atoms with Crippen LogP contribution in [-0.2, 0) is 6.42 Å². The van der Waals surface area contributed by atoms with E-state index in [1.54, 1.807) is 0 Å². The Labute approximate surface area is 74.6 Å². The van der Waals surface area contributed by atoms with Crippen molar-refractivity contribution in [1.29, 1.82) is 0 Å². The van der Waals surface area contributed by atoms with Crippen LogP contribution < -0.4 is 5.73 Å². The number of hydrogen-bond donors (Lipinski definition) is 0. The molecule has 1 nitrogen and oxygen atoms in total. The van der Waals surface area contributed by atoms with E-state index >= 15 is 0 Å². The van der Waals surface area contributed by atoms with Gasteiger partial charge in [0.1, 0.15) is 0 Å². The first-order valence-corrected chi connectivity index (χ1v) is 4.64. The van der Waals surface area contributed by atoms with Gasteiger partial charge in [-0.3, -0.25) is 0 Å². The first-order chi connectivity index (χ1) is 5.84. The Morgan fingerprint density at radius 1 is 1.17 bits per heavy atom. The lowest BCUT2D eigenvalue weighted by molar-refractivity contribution is 0.717. The lowest BCUT2D eigenvalue weighted by atomic mass is 10.1. The van der Waals surface area contributed by atoms with Crippen LogP contribution in [0.25, 0.3) is 0 Å². The molecule has 0 saturated heterocycles. The first kappa shape index (κ1) is 9.11. The van der Waals surface area contributed by atoms with Crippen LogP contribution in [0.15, 0.2) is 24.3 Å². The Kier molecular flexibility index (Phi) is 3.65. The van der Waals surface area contributed by atoms with Crippen molar-refractivity contribution >= 4 is 5.69 Å². The molecule has 0 aliphatic rings. The van der Waals surface area contributed by atoms with Crippen LogP contribution in [0.1, 0.15) is 31.7 Å². The summed E-state index contributed by atoms with van der Waals surface area (Å²) in [5, 5.41) is 0. The minimum Gasteiger partial charge on any atom is -0.301 e. The summed E-state index contributed by atoms with van der Waals surface area (Å²) in [7, 11) is 0. The van der Waals surface area contributed by atoms with Crippen molar-refractivity contribution in [3.63, 3.8) is 0 Å². The van der Waals surface area contributed by atoms with Gasteiger partial charge < -0.3 is 5.73 Å². The molecule has 1 rings (SSSR count). The Bertz CT molecular complexity index is 230. The van der Waals surface area contributed by atoms with Crippen molar-refractivity contribution < 1.29 is 0 Å². The van der Waals surface area contributed by atoms with E-state index in [1.807, 2.05) is 18.2 Å². The van der Waals surface area contributed by atoms with Crippen LogP contribution >= 0.6 is 0 Å². The summed E-state index contributed by atoms with van der Waals surface area (Å²) < 4.78 is 0. The van der Waals surface area contributed by atoms with Crippen LogP contribution in [0.2, 0.25) is 0 Å². The SMILES string of the molecule is CCCCCc1ccccc1[NH].